The minimum atomic E-state index is 1.14. The fraction of sp³-hybridized carbons (Fsp3) is 0.444. The highest BCUT2D eigenvalue weighted by Gasteiger charge is 2.02. The molecule has 0 aliphatic carbocycles. The van der Waals surface area contributed by atoms with Crippen LogP contribution >= 0.6 is 11.8 Å². The normalized spacial score (nSPS) is 20.5. The molecule has 0 N–H and O–H groups in total. The van der Waals surface area contributed by atoms with E-state index in [1.54, 1.807) is 11.8 Å². The lowest BCUT2D eigenvalue weighted by atomic mass is 10.3. The molecule has 11 heavy (non-hydrogen) atoms. The first kappa shape index (κ1) is 8.60. The third kappa shape index (κ3) is 2.54. The van der Waals surface area contributed by atoms with Gasteiger partial charge in [-0.3, -0.25) is 4.99 Å². The zero-order valence-corrected chi connectivity index (χ0v) is 7.82. The number of hydrogen-bond donors (Lipinski definition) is 0. The van der Waals surface area contributed by atoms with Crippen molar-refractivity contribution < 1.29 is 0 Å². The highest BCUT2D eigenvalue weighted by molar-refractivity contribution is 8.06. The average molecular weight is 167 g/mol. The SMILES string of the molecule is CCC/C=C1/SC=CN=C1C. The molecular weight excluding hydrogens is 154 g/mol. The van der Waals surface area contributed by atoms with Gasteiger partial charge in [-0.05, 0) is 18.8 Å². The van der Waals surface area contributed by atoms with E-state index in [1.165, 1.54) is 11.3 Å². The van der Waals surface area contributed by atoms with Gasteiger partial charge in [-0.25, -0.2) is 0 Å². The van der Waals surface area contributed by atoms with E-state index in [0.29, 0.717) is 0 Å². The van der Waals surface area contributed by atoms with Crippen LogP contribution in [0.25, 0.3) is 0 Å². The molecule has 0 spiro atoms. The molecular formula is C9H13NS. The van der Waals surface area contributed by atoms with Crippen LogP contribution in [0, 0.1) is 0 Å². The summed E-state index contributed by atoms with van der Waals surface area (Å²) in [6.07, 6.45) is 6.47. The first-order chi connectivity index (χ1) is 5.34. The van der Waals surface area contributed by atoms with Gasteiger partial charge in [0.25, 0.3) is 0 Å². The highest BCUT2D eigenvalue weighted by atomic mass is 32.2. The minimum Gasteiger partial charge on any atom is -0.260 e. The molecule has 1 aliphatic rings. The Hall–Kier alpha value is -0.500. The second-order valence-corrected chi connectivity index (χ2v) is 3.42. The number of rotatable bonds is 2. The van der Waals surface area contributed by atoms with Gasteiger partial charge in [-0.1, -0.05) is 31.2 Å². The molecule has 2 heteroatoms. The molecule has 0 aromatic rings. The lowest BCUT2D eigenvalue weighted by Gasteiger charge is -2.05. The molecule has 0 aromatic carbocycles. The fourth-order valence-electron chi connectivity index (χ4n) is 0.866. The van der Waals surface area contributed by atoms with Crippen LogP contribution in [-0.4, -0.2) is 5.71 Å². The number of aliphatic imine (C=N–C) groups is 1. The first-order valence-corrected chi connectivity index (χ1v) is 4.79. The van der Waals surface area contributed by atoms with E-state index in [-0.39, 0.29) is 0 Å². The van der Waals surface area contributed by atoms with Crippen molar-refractivity contribution in [1.82, 2.24) is 0 Å². The van der Waals surface area contributed by atoms with Crippen molar-refractivity contribution >= 4 is 17.5 Å². The van der Waals surface area contributed by atoms with Gasteiger partial charge in [0.1, 0.15) is 0 Å². The quantitative estimate of drug-likeness (QED) is 0.614. The molecule has 60 valence electrons. The number of nitrogens with zero attached hydrogens (tertiary/aromatic N) is 1. The van der Waals surface area contributed by atoms with Crippen molar-refractivity contribution in [1.29, 1.82) is 0 Å². The van der Waals surface area contributed by atoms with E-state index in [4.69, 9.17) is 0 Å². The monoisotopic (exact) mass is 167 g/mol. The minimum absolute atomic E-state index is 1.14. The van der Waals surface area contributed by atoms with Gasteiger partial charge in [-0.2, -0.15) is 0 Å². The molecule has 0 fully saturated rings. The molecule has 0 bridgehead atoms. The zero-order valence-electron chi connectivity index (χ0n) is 7.00. The topological polar surface area (TPSA) is 12.4 Å². The van der Waals surface area contributed by atoms with Crippen LogP contribution in [0.1, 0.15) is 26.7 Å². The van der Waals surface area contributed by atoms with E-state index < -0.39 is 0 Å². The smallest absolute Gasteiger partial charge is 0.0508 e. The van der Waals surface area contributed by atoms with Gasteiger partial charge >= 0.3 is 0 Å². The Morgan fingerprint density at radius 1 is 1.64 bits per heavy atom. The Morgan fingerprint density at radius 3 is 3.09 bits per heavy atom. The fourth-order valence-corrected chi connectivity index (χ4v) is 1.57. The molecule has 0 radical (unpaired) electrons. The average Bonchev–Trinajstić information content (AvgIpc) is 2.03. The van der Waals surface area contributed by atoms with Crippen LogP contribution < -0.4 is 0 Å². The molecule has 0 aromatic heterocycles. The summed E-state index contributed by atoms with van der Waals surface area (Å²) >= 11 is 1.76. The predicted octanol–water partition coefficient (Wildman–Crippen LogP) is 3.35. The summed E-state index contributed by atoms with van der Waals surface area (Å²) < 4.78 is 0. The molecule has 1 nitrogen and oxygen atoms in total. The van der Waals surface area contributed by atoms with Crippen molar-refractivity contribution in [3.8, 4) is 0 Å². The standard InChI is InChI=1S/C9H13NS/c1-3-4-5-9-8(2)10-6-7-11-9/h5-7H,3-4H2,1-2H3/b9-5+. The van der Waals surface area contributed by atoms with Crippen LogP contribution in [-0.2, 0) is 0 Å². The van der Waals surface area contributed by atoms with E-state index in [2.05, 4.69) is 24.9 Å². The summed E-state index contributed by atoms with van der Waals surface area (Å²) in [6, 6.07) is 0. The lowest BCUT2D eigenvalue weighted by molar-refractivity contribution is 0.958. The molecule has 0 unspecified atom stereocenters. The van der Waals surface area contributed by atoms with Gasteiger partial charge in [0.15, 0.2) is 0 Å². The summed E-state index contributed by atoms with van der Waals surface area (Å²) in [7, 11) is 0. The van der Waals surface area contributed by atoms with Crippen LogP contribution in [0.15, 0.2) is 27.6 Å². The van der Waals surface area contributed by atoms with Crippen LogP contribution in [0.4, 0.5) is 0 Å². The highest BCUT2D eigenvalue weighted by Crippen LogP contribution is 2.23. The van der Waals surface area contributed by atoms with Crippen molar-refractivity contribution in [3.63, 3.8) is 0 Å². The Morgan fingerprint density at radius 2 is 2.45 bits per heavy atom. The Bertz CT molecular complexity index is 214. The summed E-state index contributed by atoms with van der Waals surface area (Å²) in [5.74, 6) is 0. The number of unbranched alkanes of at least 4 members (excludes halogenated alkanes) is 1. The number of allylic oxidation sites excluding steroid dienone is 2. The molecule has 1 aliphatic heterocycles. The summed E-state index contributed by atoms with van der Waals surface area (Å²) in [6.45, 7) is 4.24. The Balaban J connectivity index is 2.60. The number of hydrogen-bond acceptors (Lipinski definition) is 2. The third-order valence-corrected chi connectivity index (χ3v) is 2.47. The summed E-state index contributed by atoms with van der Waals surface area (Å²) in [5, 5.41) is 2.02. The van der Waals surface area contributed by atoms with Gasteiger partial charge in [0, 0.05) is 11.1 Å². The van der Waals surface area contributed by atoms with Crippen molar-refractivity contribution in [3.05, 3.63) is 22.6 Å². The maximum Gasteiger partial charge on any atom is 0.0508 e. The van der Waals surface area contributed by atoms with Crippen LogP contribution in [0.5, 0.6) is 0 Å². The van der Waals surface area contributed by atoms with Gasteiger partial charge in [-0.15, -0.1) is 0 Å². The number of thioether (sulfide) groups is 1. The van der Waals surface area contributed by atoms with Gasteiger partial charge in [0.05, 0.1) is 5.71 Å². The second-order valence-electron chi connectivity index (χ2n) is 2.47. The summed E-state index contributed by atoms with van der Waals surface area (Å²) in [5.41, 5.74) is 1.14. The van der Waals surface area contributed by atoms with E-state index in [0.717, 1.165) is 12.1 Å². The maximum absolute atomic E-state index is 4.21. The van der Waals surface area contributed by atoms with Crippen molar-refractivity contribution in [2.75, 3.05) is 0 Å². The largest absolute Gasteiger partial charge is 0.260 e. The summed E-state index contributed by atoms with van der Waals surface area (Å²) in [4.78, 5) is 5.53. The first-order valence-electron chi connectivity index (χ1n) is 3.91. The Labute approximate surface area is 72.3 Å². The van der Waals surface area contributed by atoms with Gasteiger partial charge < -0.3 is 0 Å². The van der Waals surface area contributed by atoms with Gasteiger partial charge in [0.2, 0.25) is 0 Å². The van der Waals surface area contributed by atoms with E-state index in [9.17, 15) is 0 Å². The molecule has 1 heterocycles. The second kappa shape index (κ2) is 4.39. The lowest BCUT2D eigenvalue weighted by Crippen LogP contribution is -1.94. The maximum atomic E-state index is 4.21. The molecule has 0 amide bonds. The molecule has 0 saturated carbocycles. The predicted molar refractivity (Wildman–Crippen MR) is 52.8 cm³/mol. The van der Waals surface area contributed by atoms with Crippen LogP contribution in [0.2, 0.25) is 0 Å². The van der Waals surface area contributed by atoms with Crippen LogP contribution in [0.3, 0.4) is 0 Å². The molecule has 0 saturated heterocycles. The molecule has 1 rings (SSSR count). The Kier molecular flexibility index (Phi) is 3.43. The van der Waals surface area contributed by atoms with Crippen molar-refractivity contribution in [2.45, 2.75) is 26.7 Å². The third-order valence-electron chi connectivity index (χ3n) is 1.50. The zero-order chi connectivity index (χ0) is 8.10. The van der Waals surface area contributed by atoms with E-state index >= 15 is 0 Å². The van der Waals surface area contributed by atoms with E-state index in [1.807, 2.05) is 11.6 Å². The van der Waals surface area contributed by atoms with Crippen molar-refractivity contribution in [2.24, 2.45) is 4.99 Å². The molecule has 0 atom stereocenters.